The van der Waals surface area contributed by atoms with Gasteiger partial charge in [0.25, 0.3) is 0 Å². The van der Waals surface area contributed by atoms with E-state index in [1.54, 1.807) is 0 Å². The predicted octanol–water partition coefficient (Wildman–Crippen LogP) is 2.90. The van der Waals surface area contributed by atoms with E-state index in [-0.39, 0.29) is 23.6 Å². The first kappa shape index (κ1) is 22.7. The smallest absolute Gasteiger partial charge is 0.230 e. The number of aromatic nitrogens is 2. The van der Waals surface area contributed by atoms with Crippen LogP contribution in [0, 0.1) is 0 Å². The van der Waals surface area contributed by atoms with E-state index in [0.717, 1.165) is 17.7 Å². The lowest BCUT2D eigenvalue weighted by Crippen LogP contribution is -2.28. The Bertz CT molecular complexity index is 877. The SMILES string of the molecule is CCCNC(=O)CSc1nnc(SCC(=O)NC(C)c2ccc3c(c2)OCCO3)s1. The molecule has 2 amide bonds. The highest BCUT2D eigenvalue weighted by Crippen LogP contribution is 2.33. The molecule has 0 radical (unpaired) electrons. The van der Waals surface area contributed by atoms with Crippen molar-refractivity contribution in [2.45, 2.75) is 35.0 Å². The first-order valence-corrected chi connectivity index (χ1v) is 12.4. The molecule has 1 unspecified atom stereocenters. The molecule has 0 bridgehead atoms. The van der Waals surface area contributed by atoms with Crippen LogP contribution in [-0.4, -0.2) is 53.3 Å². The zero-order valence-corrected chi connectivity index (χ0v) is 19.3. The van der Waals surface area contributed by atoms with Crippen LogP contribution < -0.4 is 20.1 Å². The molecular formula is C19H24N4O4S3. The zero-order chi connectivity index (χ0) is 21.3. The molecule has 0 fully saturated rings. The van der Waals surface area contributed by atoms with E-state index in [2.05, 4.69) is 20.8 Å². The number of hydrogen-bond donors (Lipinski definition) is 2. The van der Waals surface area contributed by atoms with Gasteiger partial charge in [-0.25, -0.2) is 0 Å². The quantitative estimate of drug-likeness (QED) is 0.513. The third kappa shape index (κ3) is 6.78. The molecule has 30 heavy (non-hydrogen) atoms. The van der Waals surface area contributed by atoms with Crippen LogP contribution in [-0.2, 0) is 9.59 Å². The second-order valence-corrected chi connectivity index (χ2v) is 9.88. The highest BCUT2D eigenvalue weighted by Gasteiger charge is 2.16. The maximum Gasteiger partial charge on any atom is 0.230 e. The van der Waals surface area contributed by atoms with E-state index in [4.69, 9.17) is 9.47 Å². The number of hydrogen-bond acceptors (Lipinski definition) is 9. The van der Waals surface area contributed by atoms with Gasteiger partial charge in [-0.15, -0.1) is 10.2 Å². The molecule has 1 aliphatic rings. The molecule has 0 aliphatic carbocycles. The molecular weight excluding hydrogens is 444 g/mol. The van der Waals surface area contributed by atoms with Crippen LogP contribution in [0.2, 0.25) is 0 Å². The van der Waals surface area contributed by atoms with Crippen molar-refractivity contribution in [1.82, 2.24) is 20.8 Å². The summed E-state index contributed by atoms with van der Waals surface area (Å²) in [7, 11) is 0. The number of thioether (sulfide) groups is 2. The summed E-state index contributed by atoms with van der Waals surface area (Å²) < 4.78 is 12.5. The van der Waals surface area contributed by atoms with Crippen molar-refractivity contribution in [2.75, 3.05) is 31.3 Å². The van der Waals surface area contributed by atoms with Crippen molar-refractivity contribution >= 4 is 46.7 Å². The van der Waals surface area contributed by atoms with E-state index < -0.39 is 0 Å². The van der Waals surface area contributed by atoms with Crippen LogP contribution >= 0.6 is 34.9 Å². The third-order valence-electron chi connectivity index (χ3n) is 4.06. The van der Waals surface area contributed by atoms with Crippen LogP contribution in [0.3, 0.4) is 0 Å². The second kappa shape index (κ2) is 11.4. The van der Waals surface area contributed by atoms with E-state index >= 15 is 0 Å². The average molecular weight is 469 g/mol. The lowest BCUT2D eigenvalue weighted by atomic mass is 10.1. The molecule has 3 rings (SSSR count). The van der Waals surface area contributed by atoms with E-state index in [1.807, 2.05) is 32.0 Å². The minimum absolute atomic E-state index is 0.0150. The number of nitrogens with one attached hydrogen (secondary N) is 2. The minimum atomic E-state index is -0.156. The van der Waals surface area contributed by atoms with Gasteiger partial charge in [0.1, 0.15) is 13.2 Å². The van der Waals surface area contributed by atoms with Gasteiger partial charge in [-0.05, 0) is 31.0 Å². The Kier molecular flexibility index (Phi) is 8.64. The molecule has 0 saturated heterocycles. The lowest BCUT2D eigenvalue weighted by molar-refractivity contribution is -0.119. The molecule has 2 heterocycles. The van der Waals surface area contributed by atoms with Gasteiger partial charge in [-0.2, -0.15) is 0 Å². The Morgan fingerprint density at radius 1 is 1.10 bits per heavy atom. The Hall–Kier alpha value is -1.98. The average Bonchev–Trinajstić information content (AvgIpc) is 3.22. The number of ether oxygens (including phenoxy) is 2. The van der Waals surface area contributed by atoms with E-state index in [0.29, 0.717) is 39.9 Å². The highest BCUT2D eigenvalue weighted by atomic mass is 32.2. The Morgan fingerprint density at radius 3 is 2.47 bits per heavy atom. The molecule has 162 valence electrons. The van der Waals surface area contributed by atoms with Gasteiger partial charge in [-0.1, -0.05) is 47.9 Å². The summed E-state index contributed by atoms with van der Waals surface area (Å²) in [6.07, 6.45) is 0.908. The zero-order valence-electron chi connectivity index (χ0n) is 16.8. The van der Waals surface area contributed by atoms with Gasteiger partial charge in [0.05, 0.1) is 17.5 Å². The van der Waals surface area contributed by atoms with Crippen LogP contribution in [0.1, 0.15) is 31.9 Å². The van der Waals surface area contributed by atoms with Crippen molar-refractivity contribution in [3.8, 4) is 11.5 Å². The number of benzene rings is 1. The van der Waals surface area contributed by atoms with Crippen molar-refractivity contribution in [3.05, 3.63) is 23.8 Å². The summed E-state index contributed by atoms with van der Waals surface area (Å²) in [6.45, 7) is 5.69. The molecule has 2 aromatic rings. The van der Waals surface area contributed by atoms with Gasteiger partial charge < -0.3 is 20.1 Å². The number of amides is 2. The van der Waals surface area contributed by atoms with Crippen molar-refractivity contribution < 1.29 is 19.1 Å². The summed E-state index contributed by atoms with van der Waals surface area (Å²) in [5.74, 6) is 1.88. The fraction of sp³-hybridized carbons (Fsp3) is 0.474. The molecule has 0 saturated carbocycles. The fourth-order valence-electron chi connectivity index (χ4n) is 2.58. The van der Waals surface area contributed by atoms with Crippen LogP contribution in [0.25, 0.3) is 0 Å². The second-order valence-electron chi connectivity index (χ2n) is 6.45. The normalized spacial score (nSPS) is 13.5. The predicted molar refractivity (Wildman–Crippen MR) is 119 cm³/mol. The molecule has 0 spiro atoms. The first-order valence-electron chi connectivity index (χ1n) is 9.60. The standard InChI is InChI=1S/C19H24N4O4S3/c1-3-6-20-16(24)10-28-18-22-23-19(30-18)29-11-17(25)21-12(2)13-4-5-14-15(9-13)27-8-7-26-14/h4-5,9,12H,3,6-8,10-11H2,1-2H3,(H,20,24)(H,21,25). The third-order valence-corrected chi connectivity index (χ3v) is 7.25. The minimum Gasteiger partial charge on any atom is -0.486 e. The Morgan fingerprint density at radius 2 is 1.77 bits per heavy atom. The fourth-order valence-corrected chi connectivity index (χ4v) is 5.24. The number of nitrogens with zero attached hydrogens (tertiary/aromatic N) is 2. The molecule has 8 nitrogen and oxygen atoms in total. The summed E-state index contributed by atoms with van der Waals surface area (Å²) in [5, 5.41) is 14.0. The topological polar surface area (TPSA) is 102 Å². The highest BCUT2D eigenvalue weighted by molar-refractivity contribution is 8.03. The maximum absolute atomic E-state index is 12.3. The van der Waals surface area contributed by atoms with E-state index in [9.17, 15) is 9.59 Å². The van der Waals surface area contributed by atoms with Gasteiger partial charge in [0.15, 0.2) is 20.2 Å². The summed E-state index contributed by atoms with van der Waals surface area (Å²) in [5.41, 5.74) is 0.952. The van der Waals surface area contributed by atoms with Gasteiger partial charge in [0, 0.05) is 6.54 Å². The van der Waals surface area contributed by atoms with Crippen molar-refractivity contribution in [2.24, 2.45) is 0 Å². The van der Waals surface area contributed by atoms with Crippen LogP contribution in [0.5, 0.6) is 11.5 Å². The van der Waals surface area contributed by atoms with Crippen LogP contribution in [0.4, 0.5) is 0 Å². The number of rotatable bonds is 10. The lowest BCUT2D eigenvalue weighted by Gasteiger charge is -2.21. The van der Waals surface area contributed by atoms with E-state index in [1.165, 1.54) is 34.9 Å². The maximum atomic E-state index is 12.3. The Balaban J connectivity index is 1.42. The molecule has 1 aliphatic heterocycles. The summed E-state index contributed by atoms with van der Waals surface area (Å²) >= 11 is 4.07. The molecule has 1 aromatic carbocycles. The van der Waals surface area contributed by atoms with Crippen molar-refractivity contribution in [1.29, 1.82) is 0 Å². The van der Waals surface area contributed by atoms with Crippen molar-refractivity contribution in [3.63, 3.8) is 0 Å². The molecule has 1 aromatic heterocycles. The largest absolute Gasteiger partial charge is 0.486 e. The first-order chi connectivity index (χ1) is 14.5. The number of fused-ring (bicyclic) bond motifs is 1. The summed E-state index contributed by atoms with van der Waals surface area (Å²) in [4.78, 5) is 24.0. The van der Waals surface area contributed by atoms with Gasteiger partial charge >= 0.3 is 0 Å². The monoisotopic (exact) mass is 468 g/mol. The molecule has 1 atom stereocenters. The van der Waals surface area contributed by atoms with Crippen LogP contribution in [0.15, 0.2) is 26.9 Å². The molecule has 11 heteroatoms. The van der Waals surface area contributed by atoms with Gasteiger partial charge in [0.2, 0.25) is 11.8 Å². The Labute approximate surface area is 187 Å². The number of carbonyl (C=O) groups excluding carboxylic acids is 2. The number of carbonyl (C=O) groups is 2. The molecule has 2 N–H and O–H groups in total. The summed E-state index contributed by atoms with van der Waals surface area (Å²) in [6, 6.07) is 5.54. The van der Waals surface area contributed by atoms with Gasteiger partial charge in [-0.3, -0.25) is 9.59 Å².